The van der Waals surface area contributed by atoms with Gasteiger partial charge in [-0.05, 0) is 20.8 Å². The maximum Gasteiger partial charge on any atom is 0.344 e. The monoisotopic (exact) mass is 252 g/mol. The number of hydrogen-bond acceptors (Lipinski definition) is 6. The minimum atomic E-state index is -0.422. The summed E-state index contributed by atoms with van der Waals surface area (Å²) in [5, 5.41) is 6.44. The van der Waals surface area contributed by atoms with Crippen LogP contribution in [0.1, 0.15) is 28.7 Å². The summed E-state index contributed by atoms with van der Waals surface area (Å²) in [4.78, 5) is 16.1. The first-order valence-corrected chi connectivity index (χ1v) is 6.07. The van der Waals surface area contributed by atoms with Crippen molar-refractivity contribution >= 4 is 17.3 Å². The Morgan fingerprint density at radius 2 is 2.29 bits per heavy atom. The van der Waals surface area contributed by atoms with E-state index in [0.29, 0.717) is 28.6 Å². The number of nitrogens with zero attached hydrogens (tertiary/aromatic N) is 2. The lowest BCUT2D eigenvalue weighted by Crippen LogP contribution is -2.06. The Hall–Kier alpha value is -1.69. The van der Waals surface area contributed by atoms with Crippen LogP contribution in [0, 0.1) is 13.8 Å². The molecular weight excluding hydrogens is 240 g/mol. The summed E-state index contributed by atoms with van der Waals surface area (Å²) in [5.74, 6) is 0.0282. The van der Waals surface area contributed by atoms with Crippen molar-refractivity contribution in [2.24, 2.45) is 0 Å². The van der Waals surface area contributed by atoms with E-state index < -0.39 is 5.97 Å². The van der Waals surface area contributed by atoms with Crippen LogP contribution in [0.2, 0.25) is 0 Å². The molecule has 0 saturated heterocycles. The lowest BCUT2D eigenvalue weighted by atomic mass is 10.2. The van der Waals surface area contributed by atoms with Crippen LogP contribution in [0.5, 0.6) is 0 Å². The second-order valence-corrected chi connectivity index (χ2v) is 4.33. The van der Waals surface area contributed by atoms with E-state index in [4.69, 9.17) is 9.26 Å². The zero-order valence-corrected chi connectivity index (χ0v) is 10.6. The lowest BCUT2D eigenvalue weighted by Gasteiger charge is -2.00. The van der Waals surface area contributed by atoms with E-state index in [1.807, 2.05) is 12.3 Å². The van der Waals surface area contributed by atoms with Gasteiger partial charge in [0.1, 0.15) is 16.3 Å². The average molecular weight is 252 g/mol. The molecule has 2 heterocycles. The highest BCUT2D eigenvalue weighted by Gasteiger charge is 2.24. The highest BCUT2D eigenvalue weighted by molar-refractivity contribution is 7.13. The first-order chi connectivity index (χ1) is 8.13. The fourth-order valence-electron chi connectivity index (χ4n) is 1.42. The quantitative estimate of drug-likeness (QED) is 0.785. The maximum atomic E-state index is 11.8. The molecule has 5 nitrogen and oxygen atoms in total. The molecule has 0 saturated carbocycles. The number of rotatable bonds is 3. The van der Waals surface area contributed by atoms with Crippen LogP contribution in [-0.4, -0.2) is 22.7 Å². The van der Waals surface area contributed by atoms with Crippen LogP contribution in [-0.2, 0) is 4.74 Å². The summed E-state index contributed by atoms with van der Waals surface area (Å²) in [7, 11) is 0. The number of esters is 1. The Balaban J connectivity index is 2.45. The summed E-state index contributed by atoms with van der Waals surface area (Å²) < 4.78 is 10.0. The Morgan fingerprint density at radius 1 is 1.53 bits per heavy atom. The van der Waals surface area contributed by atoms with E-state index in [0.717, 1.165) is 5.69 Å². The number of aromatic nitrogens is 2. The zero-order valence-electron chi connectivity index (χ0n) is 9.81. The predicted molar refractivity (Wildman–Crippen MR) is 63.0 cm³/mol. The second-order valence-electron chi connectivity index (χ2n) is 3.48. The molecule has 0 amide bonds. The molecule has 0 atom stereocenters. The fraction of sp³-hybridized carbons (Fsp3) is 0.364. The summed E-state index contributed by atoms with van der Waals surface area (Å²) in [6.45, 7) is 5.65. The molecule has 0 unspecified atom stereocenters. The van der Waals surface area contributed by atoms with Crippen molar-refractivity contribution in [2.45, 2.75) is 20.8 Å². The predicted octanol–water partition coefficient (Wildman–Crippen LogP) is 2.59. The summed E-state index contributed by atoms with van der Waals surface area (Å²) in [5.41, 5.74) is 1.71. The van der Waals surface area contributed by atoms with Gasteiger partial charge in [-0.15, -0.1) is 11.3 Å². The molecule has 0 aliphatic heterocycles. The highest BCUT2D eigenvalue weighted by Crippen LogP contribution is 2.28. The molecular formula is C11H12N2O3S. The van der Waals surface area contributed by atoms with Crippen molar-refractivity contribution in [2.75, 3.05) is 6.61 Å². The van der Waals surface area contributed by atoms with E-state index in [1.165, 1.54) is 11.3 Å². The van der Waals surface area contributed by atoms with Crippen LogP contribution in [0.15, 0.2) is 9.90 Å². The molecule has 0 bridgehead atoms. The average Bonchev–Trinajstić information content (AvgIpc) is 2.85. The van der Waals surface area contributed by atoms with Gasteiger partial charge in [0, 0.05) is 11.1 Å². The van der Waals surface area contributed by atoms with Gasteiger partial charge in [0.05, 0.1) is 6.61 Å². The Labute approximate surface area is 102 Å². The number of hydrogen-bond donors (Lipinski definition) is 0. The molecule has 0 aliphatic rings. The van der Waals surface area contributed by atoms with E-state index in [9.17, 15) is 4.79 Å². The van der Waals surface area contributed by atoms with Crippen molar-refractivity contribution in [3.05, 3.63) is 22.4 Å². The summed E-state index contributed by atoms with van der Waals surface area (Å²) >= 11 is 1.42. The van der Waals surface area contributed by atoms with Crippen LogP contribution < -0.4 is 0 Å². The van der Waals surface area contributed by atoms with Crippen molar-refractivity contribution in [3.8, 4) is 10.7 Å². The van der Waals surface area contributed by atoms with Gasteiger partial charge in [0.15, 0.2) is 5.69 Å². The van der Waals surface area contributed by atoms with Crippen LogP contribution in [0.3, 0.4) is 0 Å². The molecule has 0 N–H and O–H groups in total. The van der Waals surface area contributed by atoms with Gasteiger partial charge in [0.2, 0.25) is 0 Å². The minimum Gasteiger partial charge on any atom is -0.462 e. The molecule has 2 rings (SSSR count). The van der Waals surface area contributed by atoms with E-state index in [1.54, 1.807) is 13.8 Å². The molecule has 0 aliphatic carbocycles. The first kappa shape index (κ1) is 11.8. The SMILES string of the molecule is CCOC(=O)c1c(-c2nc(C)cs2)noc1C. The van der Waals surface area contributed by atoms with Gasteiger partial charge in [-0.25, -0.2) is 9.78 Å². The van der Waals surface area contributed by atoms with E-state index >= 15 is 0 Å². The molecule has 2 aromatic rings. The molecule has 0 spiro atoms. The number of carbonyl (C=O) groups excluding carboxylic acids is 1. The van der Waals surface area contributed by atoms with Crippen molar-refractivity contribution in [3.63, 3.8) is 0 Å². The number of carbonyl (C=O) groups is 1. The van der Waals surface area contributed by atoms with Gasteiger partial charge in [0.25, 0.3) is 0 Å². The Morgan fingerprint density at radius 3 is 2.88 bits per heavy atom. The fourth-order valence-corrected chi connectivity index (χ4v) is 2.21. The third-order valence-corrected chi connectivity index (χ3v) is 3.13. The van der Waals surface area contributed by atoms with Gasteiger partial charge >= 0.3 is 5.97 Å². The third-order valence-electron chi connectivity index (χ3n) is 2.16. The topological polar surface area (TPSA) is 65.2 Å². The molecule has 0 aromatic carbocycles. The van der Waals surface area contributed by atoms with Gasteiger partial charge in [-0.3, -0.25) is 0 Å². The normalized spacial score (nSPS) is 10.5. The molecule has 17 heavy (non-hydrogen) atoms. The lowest BCUT2D eigenvalue weighted by molar-refractivity contribution is 0.0525. The molecule has 2 aromatic heterocycles. The Kier molecular flexibility index (Phi) is 3.23. The molecule has 0 fully saturated rings. The van der Waals surface area contributed by atoms with Crippen molar-refractivity contribution in [1.82, 2.24) is 10.1 Å². The Bertz CT molecular complexity index is 545. The van der Waals surface area contributed by atoms with E-state index in [2.05, 4.69) is 10.1 Å². The zero-order chi connectivity index (χ0) is 12.4. The number of thiazole rings is 1. The molecule has 90 valence electrons. The van der Waals surface area contributed by atoms with Gasteiger partial charge < -0.3 is 9.26 Å². The summed E-state index contributed by atoms with van der Waals surface area (Å²) in [6.07, 6.45) is 0. The van der Waals surface area contributed by atoms with Gasteiger partial charge in [-0.1, -0.05) is 5.16 Å². The largest absolute Gasteiger partial charge is 0.462 e. The molecule has 0 radical (unpaired) electrons. The number of ether oxygens (including phenoxy) is 1. The summed E-state index contributed by atoms with van der Waals surface area (Å²) in [6, 6.07) is 0. The standard InChI is InChI=1S/C11H12N2O3S/c1-4-15-11(14)8-7(3)16-13-9(8)10-12-6(2)5-17-10/h5H,4H2,1-3H3. The third kappa shape index (κ3) is 2.21. The second kappa shape index (κ2) is 4.67. The van der Waals surface area contributed by atoms with Crippen LogP contribution in [0.25, 0.3) is 10.7 Å². The van der Waals surface area contributed by atoms with Crippen LogP contribution >= 0.6 is 11.3 Å². The number of aryl methyl sites for hydroxylation is 2. The van der Waals surface area contributed by atoms with Crippen molar-refractivity contribution < 1.29 is 14.1 Å². The minimum absolute atomic E-state index is 0.319. The smallest absolute Gasteiger partial charge is 0.344 e. The van der Waals surface area contributed by atoms with E-state index in [-0.39, 0.29) is 0 Å². The van der Waals surface area contributed by atoms with Crippen LogP contribution in [0.4, 0.5) is 0 Å². The van der Waals surface area contributed by atoms with Gasteiger partial charge in [-0.2, -0.15) is 0 Å². The first-order valence-electron chi connectivity index (χ1n) is 5.19. The maximum absolute atomic E-state index is 11.8. The highest BCUT2D eigenvalue weighted by atomic mass is 32.1. The molecule has 6 heteroatoms. The van der Waals surface area contributed by atoms with Crippen molar-refractivity contribution in [1.29, 1.82) is 0 Å².